The van der Waals surface area contributed by atoms with Gasteiger partial charge >= 0.3 is 5.97 Å². The van der Waals surface area contributed by atoms with Gasteiger partial charge in [0.2, 0.25) is 5.91 Å². The summed E-state index contributed by atoms with van der Waals surface area (Å²) in [5.74, 6) is -0.624. The maximum absolute atomic E-state index is 12.1. The minimum Gasteiger partial charge on any atom is -0.481 e. The highest BCUT2D eigenvalue weighted by Crippen LogP contribution is 2.11. The van der Waals surface area contributed by atoms with E-state index in [1.807, 2.05) is 4.90 Å². The van der Waals surface area contributed by atoms with Crippen LogP contribution in [0.1, 0.15) is 33.1 Å². The molecule has 0 aromatic heterocycles. The number of aliphatic carboxylic acids is 1. The molecule has 0 saturated carbocycles. The predicted octanol–water partition coefficient (Wildman–Crippen LogP) is 0.698. The van der Waals surface area contributed by atoms with E-state index < -0.39 is 12.0 Å². The first-order chi connectivity index (χ1) is 8.04. The van der Waals surface area contributed by atoms with Crippen molar-refractivity contribution in [3.05, 3.63) is 0 Å². The van der Waals surface area contributed by atoms with Crippen LogP contribution >= 0.6 is 0 Å². The number of hydrogen-bond acceptors (Lipinski definition) is 3. The molecule has 2 atom stereocenters. The third kappa shape index (κ3) is 4.34. The number of carbonyl (C=O) groups excluding carboxylic acids is 1. The highest BCUT2D eigenvalue weighted by molar-refractivity contribution is 5.86. The first-order valence-electron chi connectivity index (χ1n) is 6.28. The topological polar surface area (TPSA) is 69.6 Å². The zero-order chi connectivity index (χ0) is 12.8. The summed E-state index contributed by atoms with van der Waals surface area (Å²) in [4.78, 5) is 24.7. The molecule has 98 valence electrons. The monoisotopic (exact) mass is 242 g/mol. The summed E-state index contributed by atoms with van der Waals surface area (Å²) in [6.45, 7) is 6.31. The highest BCUT2D eigenvalue weighted by Gasteiger charge is 2.30. The SMILES string of the molecule is CCCCN1CC(C)CNC(CC(=O)O)C1=O. The molecule has 1 fully saturated rings. The Morgan fingerprint density at radius 1 is 1.59 bits per heavy atom. The van der Waals surface area contributed by atoms with Crippen molar-refractivity contribution in [3.63, 3.8) is 0 Å². The van der Waals surface area contributed by atoms with Crippen molar-refractivity contribution >= 4 is 11.9 Å². The number of rotatable bonds is 5. The Kier molecular flexibility index (Phi) is 5.41. The Labute approximate surface area is 102 Å². The molecule has 5 heteroatoms. The molecule has 5 nitrogen and oxygen atoms in total. The normalized spacial score (nSPS) is 25.8. The fourth-order valence-electron chi connectivity index (χ4n) is 2.07. The van der Waals surface area contributed by atoms with Crippen molar-refractivity contribution in [2.75, 3.05) is 19.6 Å². The van der Waals surface area contributed by atoms with E-state index in [9.17, 15) is 9.59 Å². The van der Waals surface area contributed by atoms with E-state index in [4.69, 9.17) is 5.11 Å². The predicted molar refractivity (Wildman–Crippen MR) is 64.7 cm³/mol. The van der Waals surface area contributed by atoms with Gasteiger partial charge in [-0.25, -0.2) is 0 Å². The zero-order valence-corrected chi connectivity index (χ0v) is 10.6. The van der Waals surface area contributed by atoms with Crippen molar-refractivity contribution < 1.29 is 14.7 Å². The lowest BCUT2D eigenvalue weighted by Gasteiger charge is -2.24. The molecule has 1 aliphatic heterocycles. The summed E-state index contributed by atoms with van der Waals surface area (Å²) in [7, 11) is 0. The molecule has 1 saturated heterocycles. The lowest BCUT2D eigenvalue weighted by atomic mass is 10.1. The van der Waals surface area contributed by atoms with Gasteiger partial charge in [0.15, 0.2) is 0 Å². The number of nitrogens with one attached hydrogen (secondary N) is 1. The van der Waals surface area contributed by atoms with Crippen molar-refractivity contribution in [2.45, 2.75) is 39.2 Å². The van der Waals surface area contributed by atoms with Gasteiger partial charge < -0.3 is 15.3 Å². The number of nitrogens with zero attached hydrogens (tertiary/aromatic N) is 1. The molecular formula is C12H22N2O3. The summed E-state index contributed by atoms with van der Waals surface area (Å²) in [6.07, 6.45) is 1.88. The maximum atomic E-state index is 12.1. The van der Waals surface area contributed by atoms with Crippen LogP contribution in [0.4, 0.5) is 0 Å². The number of hydrogen-bond donors (Lipinski definition) is 2. The van der Waals surface area contributed by atoms with Crippen LogP contribution in [0.25, 0.3) is 0 Å². The Balaban J connectivity index is 2.66. The molecule has 1 heterocycles. The van der Waals surface area contributed by atoms with Gasteiger partial charge in [0.1, 0.15) is 0 Å². The summed E-state index contributed by atoms with van der Waals surface area (Å²) >= 11 is 0. The molecule has 0 aromatic rings. The third-order valence-corrected chi connectivity index (χ3v) is 3.01. The molecule has 1 amide bonds. The maximum Gasteiger partial charge on any atom is 0.305 e. The minimum absolute atomic E-state index is 0.0646. The van der Waals surface area contributed by atoms with Crippen LogP contribution in [0.2, 0.25) is 0 Å². The molecule has 2 N–H and O–H groups in total. The van der Waals surface area contributed by atoms with Crippen LogP contribution in [0, 0.1) is 5.92 Å². The van der Waals surface area contributed by atoms with Gasteiger partial charge in [-0.15, -0.1) is 0 Å². The van der Waals surface area contributed by atoms with Crippen LogP contribution in [0.3, 0.4) is 0 Å². The van der Waals surface area contributed by atoms with E-state index in [1.165, 1.54) is 0 Å². The molecule has 1 aliphatic rings. The molecule has 0 radical (unpaired) electrons. The Hall–Kier alpha value is -1.10. The van der Waals surface area contributed by atoms with Gasteiger partial charge in [-0.3, -0.25) is 9.59 Å². The van der Waals surface area contributed by atoms with Gasteiger partial charge in [-0.2, -0.15) is 0 Å². The van der Waals surface area contributed by atoms with E-state index in [2.05, 4.69) is 19.2 Å². The van der Waals surface area contributed by atoms with Gasteiger partial charge in [-0.1, -0.05) is 20.3 Å². The summed E-state index contributed by atoms with van der Waals surface area (Å²) in [6, 6.07) is -0.561. The standard InChI is InChI=1S/C12H22N2O3/c1-3-4-5-14-8-9(2)7-13-10(12(14)17)6-11(15)16/h9-10,13H,3-8H2,1-2H3,(H,15,16). The second-order valence-corrected chi connectivity index (χ2v) is 4.80. The Bertz CT molecular complexity index is 281. The van der Waals surface area contributed by atoms with Crippen molar-refractivity contribution in [3.8, 4) is 0 Å². The fraction of sp³-hybridized carbons (Fsp3) is 0.833. The second-order valence-electron chi connectivity index (χ2n) is 4.80. The largest absolute Gasteiger partial charge is 0.481 e. The molecule has 2 unspecified atom stereocenters. The number of carboxylic acids is 1. The van der Waals surface area contributed by atoms with Crippen LogP contribution in [0.5, 0.6) is 0 Å². The molecule has 1 rings (SSSR count). The van der Waals surface area contributed by atoms with E-state index in [0.29, 0.717) is 12.5 Å². The average Bonchev–Trinajstić information content (AvgIpc) is 2.39. The Morgan fingerprint density at radius 2 is 2.29 bits per heavy atom. The van der Waals surface area contributed by atoms with Gasteiger partial charge in [0.05, 0.1) is 12.5 Å². The summed E-state index contributed by atoms with van der Waals surface area (Å²) in [5.41, 5.74) is 0. The van der Waals surface area contributed by atoms with Crippen LogP contribution in [-0.2, 0) is 9.59 Å². The molecule has 0 bridgehead atoms. The number of carboxylic acid groups (broad SMARTS) is 1. The van der Waals surface area contributed by atoms with Crippen LogP contribution in [-0.4, -0.2) is 47.6 Å². The van der Waals surface area contributed by atoms with Crippen LogP contribution in [0.15, 0.2) is 0 Å². The van der Waals surface area contributed by atoms with Gasteiger partial charge in [0, 0.05) is 19.6 Å². The molecule has 17 heavy (non-hydrogen) atoms. The zero-order valence-electron chi connectivity index (χ0n) is 10.6. The first-order valence-corrected chi connectivity index (χ1v) is 6.28. The smallest absolute Gasteiger partial charge is 0.305 e. The molecule has 0 aliphatic carbocycles. The second kappa shape index (κ2) is 6.59. The Morgan fingerprint density at radius 3 is 2.88 bits per heavy atom. The van der Waals surface area contributed by atoms with E-state index in [-0.39, 0.29) is 12.3 Å². The third-order valence-electron chi connectivity index (χ3n) is 3.01. The van der Waals surface area contributed by atoms with Gasteiger partial charge in [-0.05, 0) is 12.3 Å². The van der Waals surface area contributed by atoms with E-state index in [0.717, 1.165) is 25.9 Å². The van der Waals surface area contributed by atoms with E-state index in [1.54, 1.807) is 0 Å². The molecule has 0 spiro atoms. The quantitative estimate of drug-likeness (QED) is 0.744. The number of amides is 1. The van der Waals surface area contributed by atoms with Crippen LogP contribution < -0.4 is 5.32 Å². The van der Waals surface area contributed by atoms with Crippen molar-refractivity contribution in [2.24, 2.45) is 5.92 Å². The number of unbranched alkanes of at least 4 members (excludes halogenated alkanes) is 1. The summed E-state index contributed by atoms with van der Waals surface area (Å²) in [5, 5.41) is 11.8. The molecule has 0 aromatic carbocycles. The van der Waals surface area contributed by atoms with Crippen molar-refractivity contribution in [1.82, 2.24) is 10.2 Å². The first kappa shape index (κ1) is 14.0. The number of carbonyl (C=O) groups is 2. The lowest BCUT2D eigenvalue weighted by Crippen LogP contribution is -2.45. The van der Waals surface area contributed by atoms with E-state index >= 15 is 0 Å². The summed E-state index contributed by atoms with van der Waals surface area (Å²) < 4.78 is 0. The van der Waals surface area contributed by atoms with Crippen molar-refractivity contribution in [1.29, 1.82) is 0 Å². The molecular weight excluding hydrogens is 220 g/mol. The fourth-order valence-corrected chi connectivity index (χ4v) is 2.07. The minimum atomic E-state index is -0.930. The van der Waals surface area contributed by atoms with Gasteiger partial charge in [0.25, 0.3) is 0 Å². The average molecular weight is 242 g/mol. The lowest BCUT2D eigenvalue weighted by molar-refractivity contribution is -0.142. The highest BCUT2D eigenvalue weighted by atomic mass is 16.4.